The van der Waals surface area contributed by atoms with Crippen molar-refractivity contribution in [2.24, 2.45) is 11.3 Å². The molecule has 0 amide bonds. The smallest absolute Gasteiger partial charge is 0.152 e. The zero-order valence-corrected chi connectivity index (χ0v) is 11.5. The van der Waals surface area contributed by atoms with E-state index >= 15 is 0 Å². The Kier molecular flexibility index (Phi) is 2.16. The molecule has 4 bridgehead atoms. The third-order valence-corrected chi connectivity index (χ3v) is 5.63. The molecular weight excluding hydrogens is 282 g/mol. The Bertz CT molecular complexity index is 480. The van der Waals surface area contributed by atoms with Gasteiger partial charge in [0.1, 0.15) is 0 Å². The number of hydrogen-bond donors (Lipinski definition) is 0. The van der Waals surface area contributed by atoms with Crippen molar-refractivity contribution in [2.75, 3.05) is 0 Å². The molecule has 0 aromatic rings. The van der Waals surface area contributed by atoms with Gasteiger partial charge in [-0.15, -0.1) is 0 Å². The molecule has 2 saturated heterocycles. The minimum atomic E-state index is -0.460. The lowest BCUT2D eigenvalue weighted by Gasteiger charge is -2.39. The minimum absolute atomic E-state index is 0.00289. The molecule has 2 heterocycles. The Morgan fingerprint density at radius 2 is 2.41 bits per heavy atom. The number of rotatable bonds is 1. The number of ketones is 1. The highest BCUT2D eigenvalue weighted by molar-refractivity contribution is 9.09. The molecule has 3 unspecified atom stereocenters. The molecule has 3 nitrogen and oxygen atoms in total. The highest BCUT2D eigenvalue weighted by Crippen LogP contribution is 2.67. The number of allylic oxidation sites excluding steroid dienone is 1. The van der Waals surface area contributed by atoms with Gasteiger partial charge in [-0.2, -0.15) is 5.26 Å². The van der Waals surface area contributed by atoms with Crippen LogP contribution >= 0.6 is 15.9 Å². The summed E-state index contributed by atoms with van der Waals surface area (Å²) < 4.78 is 6.07. The summed E-state index contributed by atoms with van der Waals surface area (Å²) in [5, 5.41) is 9.52. The van der Waals surface area contributed by atoms with Crippen LogP contribution < -0.4 is 0 Å². The number of hydrogen-bond acceptors (Lipinski definition) is 3. The molecule has 90 valence electrons. The van der Waals surface area contributed by atoms with E-state index in [1.807, 2.05) is 0 Å². The first kappa shape index (κ1) is 11.4. The third-order valence-electron chi connectivity index (χ3n) is 4.51. The average Bonchev–Trinajstić information content (AvgIpc) is 2.61. The van der Waals surface area contributed by atoms with Crippen LogP contribution in [0.4, 0.5) is 0 Å². The van der Waals surface area contributed by atoms with E-state index in [-0.39, 0.29) is 22.3 Å². The summed E-state index contributed by atoms with van der Waals surface area (Å²) in [4.78, 5) is 11.6. The largest absolute Gasteiger partial charge is 0.366 e. The van der Waals surface area contributed by atoms with E-state index in [0.717, 1.165) is 18.4 Å². The molecule has 4 fully saturated rings. The summed E-state index contributed by atoms with van der Waals surface area (Å²) in [6.45, 7) is 3.62. The zero-order valence-electron chi connectivity index (χ0n) is 9.87. The van der Waals surface area contributed by atoms with Gasteiger partial charge in [0.2, 0.25) is 0 Å². The molecule has 0 aromatic heterocycles. The highest BCUT2D eigenvalue weighted by Gasteiger charge is 2.69. The van der Waals surface area contributed by atoms with Crippen LogP contribution in [0.15, 0.2) is 11.6 Å². The van der Waals surface area contributed by atoms with Crippen LogP contribution in [0.2, 0.25) is 0 Å². The van der Waals surface area contributed by atoms with Gasteiger partial charge in [0.25, 0.3) is 0 Å². The predicted molar refractivity (Wildman–Crippen MR) is 65.5 cm³/mol. The van der Waals surface area contributed by atoms with E-state index in [1.165, 1.54) is 6.92 Å². The van der Waals surface area contributed by atoms with Crippen LogP contribution in [0.3, 0.4) is 0 Å². The van der Waals surface area contributed by atoms with E-state index in [1.54, 1.807) is 6.08 Å². The van der Waals surface area contributed by atoms with E-state index < -0.39 is 5.41 Å². The zero-order chi connectivity index (χ0) is 12.4. The number of carbonyl (C=O) groups is 1. The van der Waals surface area contributed by atoms with Gasteiger partial charge >= 0.3 is 0 Å². The molecule has 5 atom stereocenters. The van der Waals surface area contributed by atoms with Crippen molar-refractivity contribution in [3.05, 3.63) is 11.6 Å². The van der Waals surface area contributed by atoms with Crippen molar-refractivity contribution in [1.29, 1.82) is 5.26 Å². The number of nitrogens with zero attached hydrogens (tertiary/aromatic N) is 1. The number of nitriles is 1. The molecule has 0 N–H and O–H groups in total. The third kappa shape index (κ3) is 1.27. The molecule has 0 aromatic carbocycles. The second-order valence-corrected chi connectivity index (χ2v) is 6.74. The first-order valence-electron chi connectivity index (χ1n) is 5.88. The van der Waals surface area contributed by atoms with Gasteiger partial charge in [0, 0.05) is 5.92 Å². The molecule has 2 aliphatic heterocycles. The Labute approximate surface area is 109 Å². The van der Waals surface area contributed by atoms with Crippen molar-refractivity contribution < 1.29 is 9.53 Å². The number of alkyl halides is 1. The van der Waals surface area contributed by atoms with Crippen LogP contribution in [0, 0.1) is 22.7 Å². The quantitative estimate of drug-likeness (QED) is 0.551. The maximum absolute atomic E-state index is 11.3. The first-order valence-corrected chi connectivity index (χ1v) is 6.79. The lowest BCUT2D eigenvalue weighted by Crippen LogP contribution is -2.41. The maximum atomic E-state index is 11.3. The summed E-state index contributed by atoms with van der Waals surface area (Å²) in [5.74, 6) is 0.383. The molecule has 2 aliphatic carbocycles. The highest BCUT2D eigenvalue weighted by atomic mass is 79.9. The molecule has 4 rings (SSSR count). The Morgan fingerprint density at radius 3 is 2.94 bits per heavy atom. The summed E-state index contributed by atoms with van der Waals surface area (Å²) >= 11 is 3.68. The Balaban J connectivity index is 2.14. The molecule has 0 radical (unpaired) electrons. The minimum Gasteiger partial charge on any atom is -0.366 e. The normalized spacial score (nSPS) is 53.1. The topological polar surface area (TPSA) is 50.1 Å². The van der Waals surface area contributed by atoms with Gasteiger partial charge in [-0.1, -0.05) is 15.9 Å². The van der Waals surface area contributed by atoms with Crippen molar-refractivity contribution in [1.82, 2.24) is 0 Å². The van der Waals surface area contributed by atoms with Gasteiger partial charge in [-0.25, -0.2) is 0 Å². The molecule has 0 spiro atoms. The SMILES string of the molecule is CC(=O)/C=C1\C2OC3(C)C[C@]1(C#N)CC3[C@@H]2Br. The lowest BCUT2D eigenvalue weighted by molar-refractivity contribution is -0.113. The Hall–Kier alpha value is -0.660. The fraction of sp³-hybridized carbons (Fsp3) is 0.692. The van der Waals surface area contributed by atoms with Crippen LogP contribution in [0.1, 0.15) is 26.7 Å². The van der Waals surface area contributed by atoms with Gasteiger partial charge in [-0.3, -0.25) is 4.79 Å². The first-order chi connectivity index (χ1) is 7.92. The van der Waals surface area contributed by atoms with Crippen molar-refractivity contribution in [2.45, 2.75) is 43.2 Å². The fourth-order valence-electron chi connectivity index (χ4n) is 3.85. The predicted octanol–water partition coefficient (Wildman–Crippen LogP) is 2.36. The summed E-state index contributed by atoms with van der Waals surface area (Å²) in [7, 11) is 0. The van der Waals surface area contributed by atoms with Gasteiger partial charge in [0.05, 0.1) is 28.0 Å². The van der Waals surface area contributed by atoms with E-state index in [0.29, 0.717) is 5.92 Å². The second kappa shape index (κ2) is 3.21. The second-order valence-electron chi connectivity index (χ2n) is 5.69. The van der Waals surface area contributed by atoms with E-state index in [2.05, 4.69) is 28.9 Å². The molecule has 4 heteroatoms. The van der Waals surface area contributed by atoms with Gasteiger partial charge in [0.15, 0.2) is 5.78 Å². The number of halogens is 1. The number of carbonyl (C=O) groups excluding carboxylic acids is 1. The van der Waals surface area contributed by atoms with Crippen LogP contribution in [0.25, 0.3) is 0 Å². The molecular formula is C13H14BrNO2. The lowest BCUT2D eigenvalue weighted by atomic mass is 9.71. The molecule has 17 heavy (non-hydrogen) atoms. The summed E-state index contributed by atoms with van der Waals surface area (Å²) in [5.41, 5.74) is 0.238. The van der Waals surface area contributed by atoms with Crippen LogP contribution in [0.5, 0.6) is 0 Å². The van der Waals surface area contributed by atoms with Gasteiger partial charge in [-0.05, 0) is 38.3 Å². The van der Waals surface area contributed by atoms with Crippen molar-refractivity contribution >= 4 is 21.7 Å². The maximum Gasteiger partial charge on any atom is 0.152 e. The standard InChI is InChI=1S/C13H14BrNO2/c1-7(16)3-8-11-10(14)9-4-13(8,6-15)5-12(9,2)17-11/h3,9-11H,4-5H2,1-2H3/b8-3+/t9?,10-,11?,12?,13-/m0/s1. The van der Waals surface area contributed by atoms with Crippen molar-refractivity contribution in [3.63, 3.8) is 0 Å². The summed E-state index contributed by atoms with van der Waals surface area (Å²) in [6.07, 6.45) is 3.05. The van der Waals surface area contributed by atoms with Crippen LogP contribution in [-0.4, -0.2) is 22.3 Å². The van der Waals surface area contributed by atoms with E-state index in [4.69, 9.17) is 4.74 Å². The monoisotopic (exact) mass is 295 g/mol. The summed E-state index contributed by atoms with van der Waals surface area (Å²) in [6, 6.07) is 2.45. The Morgan fingerprint density at radius 1 is 1.71 bits per heavy atom. The van der Waals surface area contributed by atoms with Crippen molar-refractivity contribution in [3.8, 4) is 6.07 Å². The molecule has 2 saturated carbocycles. The van der Waals surface area contributed by atoms with E-state index in [9.17, 15) is 10.1 Å². The number of ether oxygens (including phenoxy) is 1. The van der Waals surface area contributed by atoms with Gasteiger partial charge < -0.3 is 4.74 Å². The average molecular weight is 296 g/mol. The molecule has 4 aliphatic rings. The van der Waals surface area contributed by atoms with Crippen LogP contribution in [-0.2, 0) is 9.53 Å². The fourth-order valence-corrected chi connectivity index (χ4v) is 4.99.